The number of sulfonamides is 1. The van der Waals surface area contributed by atoms with Crippen LogP contribution in [0.3, 0.4) is 0 Å². The molecule has 3 aliphatic heterocycles. The van der Waals surface area contributed by atoms with Gasteiger partial charge in [-0.2, -0.15) is 4.31 Å². The van der Waals surface area contributed by atoms with Gasteiger partial charge < -0.3 is 15.4 Å². The highest BCUT2D eigenvalue weighted by molar-refractivity contribution is 8.01. The summed E-state index contributed by atoms with van der Waals surface area (Å²) in [6.07, 6.45) is 2.94. The molecule has 2 N–H and O–H groups in total. The monoisotopic (exact) mass is 591 g/mol. The normalized spacial score (nSPS) is 22.0. The van der Waals surface area contributed by atoms with E-state index in [-0.39, 0.29) is 24.5 Å². The topological polar surface area (TPSA) is 121 Å². The number of urea groups is 1. The van der Waals surface area contributed by atoms with Crippen LogP contribution < -0.4 is 20.3 Å². The quantitative estimate of drug-likeness (QED) is 0.412. The maximum atomic E-state index is 13.6. The van der Waals surface area contributed by atoms with Crippen LogP contribution in [0.4, 0.5) is 16.2 Å². The number of rotatable bonds is 7. The predicted molar refractivity (Wildman–Crippen MR) is 157 cm³/mol. The summed E-state index contributed by atoms with van der Waals surface area (Å²) in [5, 5.41) is 7.02. The van der Waals surface area contributed by atoms with Gasteiger partial charge in [0, 0.05) is 36.3 Å². The number of carbonyl (C=O) groups is 2. The lowest BCUT2D eigenvalue weighted by atomic mass is 9.99. The van der Waals surface area contributed by atoms with Gasteiger partial charge in [-0.1, -0.05) is 36.5 Å². The van der Waals surface area contributed by atoms with Crippen LogP contribution >= 0.6 is 11.8 Å². The van der Waals surface area contributed by atoms with Gasteiger partial charge in [-0.3, -0.25) is 9.69 Å². The zero-order valence-electron chi connectivity index (χ0n) is 22.3. The summed E-state index contributed by atoms with van der Waals surface area (Å²) >= 11 is 1.31. The van der Waals surface area contributed by atoms with Crippen molar-refractivity contribution in [2.75, 3.05) is 18.0 Å². The predicted octanol–water partition coefficient (Wildman–Crippen LogP) is 4.61. The van der Waals surface area contributed by atoms with Crippen LogP contribution in [0, 0.1) is 6.92 Å². The average molecular weight is 592 g/mol. The molecule has 0 saturated carbocycles. The standard InChI is InChI=1S/C29H29N5O5S2/c1-3-41(37,38)33-15-7-8-19(17-33)31-27(35)26-25-24-23(13-14-30-28(24)40-26)34(29(36)32-25)22-12-11-21(16-18(22)2)39-20-9-5-4-6-10-20/h3-6,9-14,16,19,25-26H,1,7-8,15,17H2,2H3,(H,31,35)(H,32,36)/t19?,25?,26-/m1/s1. The highest BCUT2D eigenvalue weighted by atomic mass is 32.2. The number of nitrogens with one attached hydrogen (secondary N) is 2. The highest BCUT2D eigenvalue weighted by Crippen LogP contribution is 2.51. The third kappa shape index (κ3) is 5.18. The maximum absolute atomic E-state index is 13.6. The first-order valence-corrected chi connectivity index (χ1v) is 15.7. The Morgan fingerprint density at radius 3 is 2.73 bits per heavy atom. The van der Waals surface area contributed by atoms with Gasteiger partial charge in [0.15, 0.2) is 0 Å². The molecular weight excluding hydrogens is 562 g/mol. The number of carbonyl (C=O) groups excluding carboxylic acids is 2. The van der Waals surface area contributed by atoms with Gasteiger partial charge >= 0.3 is 6.03 Å². The molecule has 41 heavy (non-hydrogen) atoms. The van der Waals surface area contributed by atoms with Crippen molar-refractivity contribution in [3.8, 4) is 11.5 Å². The summed E-state index contributed by atoms with van der Waals surface area (Å²) in [5.41, 5.74) is 3.00. The van der Waals surface area contributed by atoms with Crippen LogP contribution in [0.25, 0.3) is 0 Å². The maximum Gasteiger partial charge on any atom is 0.327 e. The fourth-order valence-electron chi connectivity index (χ4n) is 5.51. The number of anilines is 2. The number of aromatic nitrogens is 1. The van der Waals surface area contributed by atoms with Crippen molar-refractivity contribution in [2.45, 2.75) is 42.1 Å². The third-order valence-electron chi connectivity index (χ3n) is 7.45. The van der Waals surface area contributed by atoms with E-state index in [4.69, 9.17) is 4.74 Å². The number of benzene rings is 2. The van der Waals surface area contributed by atoms with Gasteiger partial charge in [-0.25, -0.2) is 18.2 Å². The molecule has 0 bridgehead atoms. The number of hydrogen-bond donors (Lipinski definition) is 2. The SMILES string of the molecule is C=CS(=O)(=O)N1CCCC(NC(=O)[C@@H]2Sc3nccc4c3C2NC(=O)N4c2ccc(Oc3ccccc3)cc2C)C1. The molecule has 3 aliphatic rings. The highest BCUT2D eigenvalue weighted by Gasteiger charge is 2.47. The first kappa shape index (κ1) is 27.3. The summed E-state index contributed by atoms with van der Waals surface area (Å²) in [6, 6.07) is 15.6. The Labute approximate surface area is 242 Å². The van der Waals surface area contributed by atoms with E-state index in [2.05, 4.69) is 22.2 Å². The number of amides is 3. The Bertz CT molecular complexity index is 1630. The summed E-state index contributed by atoms with van der Waals surface area (Å²) in [7, 11) is -3.57. The lowest BCUT2D eigenvalue weighted by Gasteiger charge is -2.35. The number of piperidine rings is 1. The van der Waals surface area contributed by atoms with Crippen molar-refractivity contribution >= 4 is 45.1 Å². The number of nitrogens with zero attached hydrogens (tertiary/aromatic N) is 3. The second-order valence-electron chi connectivity index (χ2n) is 10.1. The molecule has 2 unspecified atom stereocenters. The second-order valence-corrected chi connectivity index (χ2v) is 13.1. The summed E-state index contributed by atoms with van der Waals surface area (Å²) < 4.78 is 31.8. The van der Waals surface area contributed by atoms with E-state index in [1.54, 1.807) is 17.2 Å². The molecule has 1 aromatic heterocycles. The van der Waals surface area contributed by atoms with E-state index in [0.717, 1.165) is 22.3 Å². The summed E-state index contributed by atoms with van der Waals surface area (Å²) in [4.78, 5) is 33.2. The molecule has 10 nitrogen and oxygen atoms in total. The minimum absolute atomic E-state index is 0.183. The molecule has 4 heterocycles. The Morgan fingerprint density at radius 2 is 1.98 bits per heavy atom. The molecule has 3 atom stereocenters. The van der Waals surface area contributed by atoms with Crippen molar-refractivity contribution in [3.63, 3.8) is 0 Å². The minimum atomic E-state index is -3.57. The molecule has 6 rings (SSSR count). The first-order valence-electron chi connectivity index (χ1n) is 13.3. The van der Waals surface area contributed by atoms with Gasteiger partial charge in [0.2, 0.25) is 15.9 Å². The van der Waals surface area contributed by atoms with Crippen molar-refractivity contribution in [2.24, 2.45) is 0 Å². The molecular formula is C29H29N5O5S2. The van der Waals surface area contributed by atoms with E-state index in [1.807, 2.05) is 55.5 Å². The van der Waals surface area contributed by atoms with Crippen molar-refractivity contribution in [1.82, 2.24) is 19.9 Å². The fourth-order valence-corrected chi connectivity index (χ4v) is 7.73. The van der Waals surface area contributed by atoms with Crippen molar-refractivity contribution in [3.05, 3.63) is 83.9 Å². The molecule has 2 aromatic carbocycles. The van der Waals surface area contributed by atoms with Gasteiger partial charge in [0.25, 0.3) is 0 Å². The summed E-state index contributed by atoms with van der Waals surface area (Å²) in [6.45, 7) is 5.89. The number of thioether (sulfide) groups is 1. The van der Waals surface area contributed by atoms with Gasteiger partial charge in [0.1, 0.15) is 21.8 Å². The molecule has 3 amide bonds. The summed E-state index contributed by atoms with van der Waals surface area (Å²) in [5.74, 6) is 1.11. The Hall–Kier alpha value is -3.87. The number of aryl methyl sites for hydroxylation is 1. The minimum Gasteiger partial charge on any atom is -0.457 e. The molecule has 3 aromatic rings. The number of pyridine rings is 1. The molecule has 212 valence electrons. The number of hydrogen-bond acceptors (Lipinski definition) is 7. The van der Waals surface area contributed by atoms with Crippen molar-refractivity contribution < 1.29 is 22.7 Å². The van der Waals surface area contributed by atoms with Crippen LogP contribution in [0.15, 0.2) is 77.8 Å². The van der Waals surface area contributed by atoms with Crippen LogP contribution in [0.2, 0.25) is 0 Å². The van der Waals surface area contributed by atoms with Gasteiger partial charge in [0.05, 0.1) is 17.4 Å². The van der Waals surface area contributed by atoms with Crippen LogP contribution in [-0.2, 0) is 14.8 Å². The smallest absolute Gasteiger partial charge is 0.327 e. The molecule has 0 spiro atoms. The lowest BCUT2D eigenvalue weighted by Crippen LogP contribution is -2.53. The van der Waals surface area contributed by atoms with Crippen LogP contribution in [0.5, 0.6) is 11.5 Å². The molecule has 0 aliphatic carbocycles. The Morgan fingerprint density at radius 1 is 1.17 bits per heavy atom. The molecule has 1 saturated heterocycles. The second kappa shape index (κ2) is 10.8. The van der Waals surface area contributed by atoms with Gasteiger partial charge in [-0.05, 0) is 61.7 Å². The van der Waals surface area contributed by atoms with Crippen molar-refractivity contribution in [1.29, 1.82) is 0 Å². The fraction of sp³-hybridized carbons (Fsp3) is 0.276. The van der Waals surface area contributed by atoms with E-state index >= 15 is 0 Å². The number of ether oxygens (including phenoxy) is 1. The van der Waals surface area contributed by atoms with Crippen LogP contribution in [-0.4, -0.2) is 54.0 Å². The molecule has 0 radical (unpaired) electrons. The van der Waals surface area contributed by atoms with E-state index < -0.39 is 21.3 Å². The third-order valence-corrected chi connectivity index (χ3v) is 10.2. The average Bonchev–Trinajstić information content (AvgIpc) is 3.34. The van der Waals surface area contributed by atoms with E-state index in [9.17, 15) is 18.0 Å². The molecule has 12 heteroatoms. The van der Waals surface area contributed by atoms with E-state index in [0.29, 0.717) is 41.5 Å². The van der Waals surface area contributed by atoms with E-state index in [1.165, 1.54) is 16.1 Å². The largest absolute Gasteiger partial charge is 0.457 e. The zero-order chi connectivity index (χ0) is 28.7. The Balaban J connectivity index is 1.23. The lowest BCUT2D eigenvalue weighted by molar-refractivity contribution is -0.121. The molecule has 1 fully saturated rings. The number of para-hydroxylation sites is 1. The van der Waals surface area contributed by atoms with Crippen LogP contribution in [0.1, 0.15) is 30.0 Å². The Kier molecular flexibility index (Phi) is 7.22. The zero-order valence-corrected chi connectivity index (χ0v) is 24.0. The first-order chi connectivity index (χ1) is 19.7. The van der Waals surface area contributed by atoms with Gasteiger partial charge in [-0.15, -0.1) is 0 Å².